The molecular formula is C13H14N4O3. The highest BCUT2D eigenvalue weighted by molar-refractivity contribution is 5.96. The van der Waals surface area contributed by atoms with Crippen LogP contribution in [0.25, 0.3) is 0 Å². The number of hydrogen-bond donors (Lipinski definition) is 2. The number of aromatic carboxylic acids is 1. The zero-order valence-electron chi connectivity index (χ0n) is 11.1. The van der Waals surface area contributed by atoms with Gasteiger partial charge < -0.3 is 10.4 Å². The fourth-order valence-corrected chi connectivity index (χ4v) is 1.71. The lowest BCUT2D eigenvalue weighted by Gasteiger charge is -2.13. The minimum absolute atomic E-state index is 0.163. The third-order valence-electron chi connectivity index (χ3n) is 2.95. The Balaban J connectivity index is 2.16. The SMILES string of the molecule is Cc1ccc(NC(=O)C(C)n2cncn2)cc1C(=O)O. The smallest absolute Gasteiger partial charge is 0.336 e. The number of nitrogens with zero attached hydrogens (tertiary/aromatic N) is 3. The van der Waals surface area contributed by atoms with Gasteiger partial charge in [-0.15, -0.1) is 0 Å². The summed E-state index contributed by atoms with van der Waals surface area (Å²) in [7, 11) is 0. The average molecular weight is 274 g/mol. The molecule has 1 aromatic carbocycles. The monoisotopic (exact) mass is 274 g/mol. The van der Waals surface area contributed by atoms with Crippen molar-refractivity contribution in [3.05, 3.63) is 42.0 Å². The van der Waals surface area contributed by atoms with Crippen LogP contribution in [-0.4, -0.2) is 31.7 Å². The minimum atomic E-state index is -1.03. The van der Waals surface area contributed by atoms with E-state index < -0.39 is 12.0 Å². The molecule has 20 heavy (non-hydrogen) atoms. The fraction of sp³-hybridized carbons (Fsp3) is 0.231. The number of carboxylic acids is 1. The van der Waals surface area contributed by atoms with Crippen LogP contribution in [0.1, 0.15) is 28.9 Å². The van der Waals surface area contributed by atoms with Crippen molar-refractivity contribution in [3.63, 3.8) is 0 Å². The average Bonchev–Trinajstić information content (AvgIpc) is 2.93. The highest BCUT2D eigenvalue weighted by Crippen LogP contribution is 2.17. The molecule has 1 atom stereocenters. The third kappa shape index (κ3) is 2.82. The maximum atomic E-state index is 12.0. The molecule has 0 aliphatic carbocycles. The second-order valence-corrected chi connectivity index (χ2v) is 4.38. The molecule has 7 heteroatoms. The van der Waals surface area contributed by atoms with Crippen molar-refractivity contribution < 1.29 is 14.7 Å². The standard InChI is InChI=1S/C13H14N4O3/c1-8-3-4-10(5-11(8)13(19)20)16-12(18)9(2)17-7-14-6-15-17/h3-7,9H,1-2H3,(H,16,18)(H,19,20). The van der Waals surface area contributed by atoms with Gasteiger partial charge in [0.05, 0.1) is 5.56 Å². The first-order valence-electron chi connectivity index (χ1n) is 5.98. The summed E-state index contributed by atoms with van der Waals surface area (Å²) in [6.45, 7) is 3.38. The van der Waals surface area contributed by atoms with Crippen LogP contribution in [0.5, 0.6) is 0 Å². The van der Waals surface area contributed by atoms with Crippen LogP contribution >= 0.6 is 0 Å². The Hall–Kier alpha value is -2.70. The summed E-state index contributed by atoms with van der Waals surface area (Å²) >= 11 is 0. The predicted molar refractivity (Wildman–Crippen MR) is 71.5 cm³/mol. The molecule has 7 nitrogen and oxygen atoms in total. The van der Waals surface area contributed by atoms with Crippen molar-refractivity contribution >= 4 is 17.6 Å². The van der Waals surface area contributed by atoms with Crippen LogP contribution in [0, 0.1) is 6.92 Å². The van der Waals surface area contributed by atoms with Gasteiger partial charge in [0.25, 0.3) is 0 Å². The second kappa shape index (κ2) is 5.52. The Labute approximate surface area is 115 Å². The van der Waals surface area contributed by atoms with Crippen LogP contribution in [-0.2, 0) is 4.79 Å². The Morgan fingerprint density at radius 3 is 2.75 bits per heavy atom. The molecular weight excluding hydrogens is 260 g/mol. The van der Waals surface area contributed by atoms with E-state index in [0.29, 0.717) is 11.3 Å². The molecule has 2 N–H and O–H groups in total. The first kappa shape index (κ1) is 13.7. The first-order valence-corrected chi connectivity index (χ1v) is 5.98. The Kier molecular flexibility index (Phi) is 3.79. The number of carboxylic acid groups (broad SMARTS) is 1. The third-order valence-corrected chi connectivity index (χ3v) is 2.95. The zero-order valence-corrected chi connectivity index (χ0v) is 11.1. The molecule has 0 spiro atoms. The number of rotatable bonds is 4. The lowest BCUT2D eigenvalue weighted by molar-refractivity contribution is -0.119. The molecule has 0 aliphatic heterocycles. The van der Waals surface area contributed by atoms with E-state index >= 15 is 0 Å². The molecule has 0 aliphatic rings. The van der Waals surface area contributed by atoms with Gasteiger partial charge in [0.2, 0.25) is 5.91 Å². The summed E-state index contributed by atoms with van der Waals surface area (Å²) in [6.07, 6.45) is 2.79. The number of anilines is 1. The van der Waals surface area contributed by atoms with Gasteiger partial charge in [-0.1, -0.05) is 6.07 Å². The molecule has 2 rings (SSSR count). The lowest BCUT2D eigenvalue weighted by Crippen LogP contribution is -2.24. The number of aryl methyl sites for hydroxylation is 1. The van der Waals surface area contributed by atoms with Crippen LogP contribution in [0.3, 0.4) is 0 Å². The number of hydrogen-bond acceptors (Lipinski definition) is 4. The summed E-state index contributed by atoms with van der Waals surface area (Å²) in [5.41, 5.74) is 1.24. The number of amides is 1. The first-order chi connectivity index (χ1) is 9.49. The number of aromatic nitrogens is 3. The Morgan fingerprint density at radius 2 is 2.15 bits per heavy atom. The van der Waals surface area contributed by atoms with Crippen molar-refractivity contribution in [2.24, 2.45) is 0 Å². The van der Waals surface area contributed by atoms with Crippen LogP contribution < -0.4 is 5.32 Å². The molecule has 0 bridgehead atoms. The molecule has 1 unspecified atom stereocenters. The summed E-state index contributed by atoms with van der Waals surface area (Å²) < 4.78 is 1.42. The second-order valence-electron chi connectivity index (χ2n) is 4.38. The van der Waals surface area contributed by atoms with E-state index in [1.807, 2.05) is 0 Å². The number of carbonyl (C=O) groups is 2. The normalized spacial score (nSPS) is 11.9. The quantitative estimate of drug-likeness (QED) is 0.880. The summed E-state index contributed by atoms with van der Waals surface area (Å²) in [5.74, 6) is -1.32. The summed E-state index contributed by atoms with van der Waals surface area (Å²) in [5, 5.41) is 15.6. The van der Waals surface area contributed by atoms with Crippen LogP contribution in [0.4, 0.5) is 5.69 Å². The van der Waals surface area contributed by atoms with Gasteiger partial charge in [-0.2, -0.15) is 5.10 Å². The molecule has 1 aromatic heterocycles. The van der Waals surface area contributed by atoms with Crippen LogP contribution in [0.2, 0.25) is 0 Å². The maximum absolute atomic E-state index is 12.0. The van der Waals surface area contributed by atoms with Crippen molar-refractivity contribution in [2.75, 3.05) is 5.32 Å². The van der Waals surface area contributed by atoms with Gasteiger partial charge in [0.15, 0.2) is 0 Å². The van der Waals surface area contributed by atoms with E-state index in [9.17, 15) is 9.59 Å². The fourth-order valence-electron chi connectivity index (χ4n) is 1.71. The molecule has 104 valence electrons. The topological polar surface area (TPSA) is 97.1 Å². The number of carbonyl (C=O) groups excluding carboxylic acids is 1. The number of benzene rings is 1. The predicted octanol–water partition coefficient (Wildman–Crippen LogP) is 1.48. The van der Waals surface area contributed by atoms with Gasteiger partial charge in [-0.3, -0.25) is 4.79 Å². The lowest BCUT2D eigenvalue weighted by atomic mass is 10.1. The van der Waals surface area contributed by atoms with E-state index in [-0.39, 0.29) is 11.5 Å². The molecule has 0 radical (unpaired) electrons. The summed E-state index contributed by atoms with van der Waals surface area (Å²) in [4.78, 5) is 26.9. The molecule has 0 saturated carbocycles. The highest BCUT2D eigenvalue weighted by Gasteiger charge is 2.16. The molecule has 1 amide bonds. The van der Waals surface area contributed by atoms with Crippen molar-refractivity contribution in [1.82, 2.24) is 14.8 Å². The van der Waals surface area contributed by atoms with E-state index in [1.165, 1.54) is 23.4 Å². The maximum Gasteiger partial charge on any atom is 0.336 e. The summed E-state index contributed by atoms with van der Waals surface area (Å²) in [6, 6.07) is 4.21. The van der Waals surface area contributed by atoms with Gasteiger partial charge in [0, 0.05) is 5.69 Å². The Bertz CT molecular complexity index is 637. The molecule has 0 saturated heterocycles. The van der Waals surface area contributed by atoms with Gasteiger partial charge in [-0.05, 0) is 31.5 Å². The van der Waals surface area contributed by atoms with Gasteiger partial charge in [-0.25, -0.2) is 14.5 Å². The van der Waals surface area contributed by atoms with Gasteiger partial charge in [0.1, 0.15) is 18.7 Å². The van der Waals surface area contributed by atoms with Crippen LogP contribution in [0.15, 0.2) is 30.9 Å². The van der Waals surface area contributed by atoms with E-state index in [4.69, 9.17) is 5.11 Å². The molecule has 0 fully saturated rings. The van der Waals surface area contributed by atoms with Crippen molar-refractivity contribution in [2.45, 2.75) is 19.9 Å². The highest BCUT2D eigenvalue weighted by atomic mass is 16.4. The van der Waals surface area contributed by atoms with Crippen molar-refractivity contribution in [3.8, 4) is 0 Å². The number of nitrogens with one attached hydrogen (secondary N) is 1. The largest absolute Gasteiger partial charge is 0.478 e. The molecule has 1 heterocycles. The molecule has 2 aromatic rings. The zero-order chi connectivity index (χ0) is 14.7. The van der Waals surface area contributed by atoms with E-state index in [2.05, 4.69) is 15.4 Å². The van der Waals surface area contributed by atoms with E-state index in [1.54, 1.807) is 26.0 Å². The van der Waals surface area contributed by atoms with E-state index in [0.717, 1.165) is 0 Å². The minimum Gasteiger partial charge on any atom is -0.478 e. The van der Waals surface area contributed by atoms with Gasteiger partial charge >= 0.3 is 5.97 Å². The van der Waals surface area contributed by atoms with Crippen molar-refractivity contribution in [1.29, 1.82) is 0 Å². The Morgan fingerprint density at radius 1 is 1.40 bits per heavy atom.